The SMILES string of the molecule is C#Cc1c(C#CSI)ccc2c(C#CSI)c(C#CSI)ccc12. The number of fused-ring (bicyclic) bond motifs is 1. The van der Waals surface area contributed by atoms with E-state index < -0.39 is 0 Å². The largest absolute Gasteiger partial charge is 0.115 e. The van der Waals surface area contributed by atoms with Gasteiger partial charge in [-0.1, -0.05) is 35.8 Å². The summed E-state index contributed by atoms with van der Waals surface area (Å²) in [5.41, 5.74) is 3.49. The van der Waals surface area contributed by atoms with Crippen LogP contribution in [0.5, 0.6) is 0 Å². The minimum atomic E-state index is 0.804. The van der Waals surface area contributed by atoms with Crippen LogP contribution in [0, 0.1) is 45.9 Å². The van der Waals surface area contributed by atoms with Gasteiger partial charge in [-0.2, -0.15) is 0 Å². The highest BCUT2D eigenvalue weighted by Crippen LogP contribution is 2.27. The molecule has 0 nitrogen and oxygen atoms in total. The molecule has 0 N–H and O–H groups in total. The van der Waals surface area contributed by atoms with Crippen LogP contribution in [-0.4, -0.2) is 0 Å². The van der Waals surface area contributed by atoms with Gasteiger partial charge in [-0.25, -0.2) is 0 Å². The van der Waals surface area contributed by atoms with E-state index in [1.807, 2.05) is 24.3 Å². The van der Waals surface area contributed by atoms with E-state index in [-0.39, 0.29) is 0 Å². The molecule has 0 heterocycles. The summed E-state index contributed by atoms with van der Waals surface area (Å²) in [5, 5.41) is 11.1. The second-order valence-corrected chi connectivity index (χ2v) is 9.17. The van der Waals surface area contributed by atoms with Crippen molar-refractivity contribution >= 4 is 101 Å². The standard InChI is InChI=1S/C18H5I3S3/c1-2-15-13(7-10-22-19)3-6-18-16(9-12-24-21)14(8-11-23-20)4-5-17(15)18/h1,3-6H. The molecule has 0 saturated heterocycles. The van der Waals surface area contributed by atoms with Crippen molar-refractivity contribution in [3.8, 4) is 45.9 Å². The minimum Gasteiger partial charge on any atom is -0.115 e. The van der Waals surface area contributed by atoms with Crippen LogP contribution < -0.4 is 0 Å². The summed E-state index contributed by atoms with van der Waals surface area (Å²) < 4.78 is 0. The van der Waals surface area contributed by atoms with Gasteiger partial charge in [-0.05, 0) is 65.5 Å². The monoisotopic (exact) mass is 698 g/mol. The highest BCUT2D eigenvalue weighted by atomic mass is 127. The molecule has 0 aliphatic rings. The van der Waals surface area contributed by atoms with Gasteiger partial charge in [0.15, 0.2) is 0 Å². The van der Waals surface area contributed by atoms with Crippen LogP contribution in [0.3, 0.4) is 0 Å². The molecule has 116 valence electrons. The van der Waals surface area contributed by atoms with Crippen LogP contribution in [-0.2, 0) is 0 Å². The summed E-state index contributed by atoms with van der Waals surface area (Å²) in [7, 11) is 4.34. The number of terminal acetylenes is 1. The molecule has 2 aromatic rings. The number of benzene rings is 2. The summed E-state index contributed by atoms with van der Waals surface area (Å²) in [5.74, 6) is 12.3. The Hall–Kier alpha value is 0.180. The lowest BCUT2D eigenvalue weighted by molar-refractivity contribution is 1.60. The van der Waals surface area contributed by atoms with E-state index in [1.54, 1.807) is 0 Å². The van der Waals surface area contributed by atoms with Gasteiger partial charge in [0.2, 0.25) is 0 Å². The smallest absolute Gasteiger partial charge is 0.0490 e. The number of hydrogen-bond donors (Lipinski definition) is 0. The van der Waals surface area contributed by atoms with Crippen LogP contribution in [0.25, 0.3) is 10.8 Å². The Morgan fingerprint density at radius 2 is 1.12 bits per heavy atom. The second kappa shape index (κ2) is 11.0. The summed E-state index contributed by atoms with van der Waals surface area (Å²) >= 11 is 6.47. The van der Waals surface area contributed by atoms with Crippen molar-refractivity contribution < 1.29 is 0 Å². The quantitative estimate of drug-likeness (QED) is 0.215. The molecule has 2 aromatic carbocycles. The van der Waals surface area contributed by atoms with Gasteiger partial charge in [0.1, 0.15) is 0 Å². The topological polar surface area (TPSA) is 0 Å². The fraction of sp³-hybridized carbons (Fsp3) is 0. The summed E-state index contributed by atoms with van der Waals surface area (Å²) in [6, 6.07) is 7.98. The van der Waals surface area contributed by atoms with Crippen molar-refractivity contribution in [2.24, 2.45) is 0 Å². The molecule has 0 saturated carbocycles. The Kier molecular flexibility index (Phi) is 9.40. The lowest BCUT2D eigenvalue weighted by atomic mass is 9.94. The third-order valence-corrected chi connectivity index (χ3v) is 5.53. The van der Waals surface area contributed by atoms with Crippen LogP contribution in [0.1, 0.15) is 22.3 Å². The van der Waals surface area contributed by atoms with Crippen LogP contribution in [0.15, 0.2) is 24.3 Å². The van der Waals surface area contributed by atoms with E-state index in [0.717, 1.165) is 33.0 Å². The van der Waals surface area contributed by atoms with Crippen LogP contribution >= 0.6 is 90.4 Å². The summed E-state index contributed by atoms with van der Waals surface area (Å²) in [6.45, 7) is 0. The molecule has 0 bridgehead atoms. The van der Waals surface area contributed by atoms with Gasteiger partial charge in [0.05, 0.1) is 0 Å². The first-order valence-electron chi connectivity index (χ1n) is 6.19. The molecule has 0 spiro atoms. The van der Waals surface area contributed by atoms with Gasteiger partial charge in [0.25, 0.3) is 0 Å². The second-order valence-electron chi connectivity index (χ2n) is 4.13. The predicted molar refractivity (Wildman–Crippen MR) is 137 cm³/mol. The zero-order valence-corrected chi connectivity index (χ0v) is 20.7. The molecule has 0 aromatic heterocycles. The highest BCUT2D eigenvalue weighted by Gasteiger charge is 2.10. The maximum absolute atomic E-state index is 5.76. The van der Waals surface area contributed by atoms with Gasteiger partial charge >= 0.3 is 0 Å². The lowest BCUT2D eigenvalue weighted by Crippen LogP contribution is -1.92. The average Bonchev–Trinajstić information content (AvgIpc) is 2.62. The molecule has 0 unspecified atom stereocenters. The molecular weight excluding hydrogens is 693 g/mol. The molecule has 0 aliphatic heterocycles. The molecule has 2 rings (SSSR count). The Morgan fingerprint density at radius 1 is 0.667 bits per heavy atom. The van der Waals surface area contributed by atoms with Crippen molar-refractivity contribution in [2.75, 3.05) is 0 Å². The van der Waals surface area contributed by atoms with E-state index in [2.05, 4.69) is 103 Å². The Bertz CT molecular complexity index is 1000. The summed E-state index contributed by atoms with van der Waals surface area (Å²) in [4.78, 5) is 0. The van der Waals surface area contributed by atoms with Crippen molar-refractivity contribution in [3.63, 3.8) is 0 Å². The van der Waals surface area contributed by atoms with E-state index in [0.29, 0.717) is 0 Å². The molecule has 6 heteroatoms. The van der Waals surface area contributed by atoms with E-state index >= 15 is 0 Å². The third kappa shape index (κ3) is 5.10. The van der Waals surface area contributed by atoms with E-state index in [4.69, 9.17) is 6.42 Å². The van der Waals surface area contributed by atoms with Crippen LogP contribution in [0.2, 0.25) is 0 Å². The first-order valence-corrected chi connectivity index (χ1v) is 16.3. The highest BCUT2D eigenvalue weighted by molar-refractivity contribution is 14.2. The number of rotatable bonds is 0. The Morgan fingerprint density at radius 3 is 1.62 bits per heavy atom. The lowest BCUT2D eigenvalue weighted by Gasteiger charge is -2.08. The van der Waals surface area contributed by atoms with Gasteiger partial charge < -0.3 is 0 Å². The molecule has 0 atom stereocenters. The molecule has 0 fully saturated rings. The molecule has 0 amide bonds. The fourth-order valence-corrected chi connectivity index (χ4v) is 3.55. The molecule has 0 radical (unpaired) electrons. The van der Waals surface area contributed by atoms with Crippen molar-refractivity contribution in [2.45, 2.75) is 0 Å². The zero-order chi connectivity index (χ0) is 17.4. The maximum atomic E-state index is 5.76. The third-order valence-electron chi connectivity index (χ3n) is 3.01. The van der Waals surface area contributed by atoms with E-state index in [9.17, 15) is 0 Å². The average molecular weight is 698 g/mol. The van der Waals surface area contributed by atoms with Gasteiger partial charge in [-0.15, -0.1) is 6.42 Å². The van der Waals surface area contributed by atoms with Crippen LogP contribution in [0.4, 0.5) is 0 Å². The molecule has 24 heavy (non-hydrogen) atoms. The molecular formula is C18H5I3S3. The first-order chi connectivity index (χ1) is 11.8. The number of hydrogen-bond acceptors (Lipinski definition) is 3. The normalized spacial score (nSPS) is 8.92. The maximum Gasteiger partial charge on any atom is 0.0490 e. The minimum absolute atomic E-state index is 0.804. The summed E-state index contributed by atoms with van der Waals surface area (Å²) in [6.07, 6.45) is 5.76. The zero-order valence-electron chi connectivity index (χ0n) is 11.7. The fourth-order valence-electron chi connectivity index (χ4n) is 2.12. The Labute approximate surface area is 191 Å². The Balaban J connectivity index is 2.83. The van der Waals surface area contributed by atoms with E-state index in [1.165, 1.54) is 26.8 Å². The first kappa shape index (κ1) is 20.5. The molecule has 0 aliphatic carbocycles. The predicted octanol–water partition coefficient (Wildman–Crippen LogP) is 7.00. The van der Waals surface area contributed by atoms with Gasteiger partial charge in [-0.3, -0.25) is 0 Å². The van der Waals surface area contributed by atoms with Crippen molar-refractivity contribution in [3.05, 3.63) is 46.5 Å². The van der Waals surface area contributed by atoms with Crippen molar-refractivity contribution in [1.82, 2.24) is 0 Å². The van der Waals surface area contributed by atoms with Gasteiger partial charge in [0, 0.05) is 85.9 Å². The number of halogens is 3. The van der Waals surface area contributed by atoms with Crippen molar-refractivity contribution in [1.29, 1.82) is 0 Å².